The Morgan fingerprint density at radius 1 is 1.71 bits per heavy atom. The summed E-state index contributed by atoms with van der Waals surface area (Å²) in [4.78, 5) is 6.94. The molecule has 1 aliphatic rings. The predicted molar refractivity (Wildman–Crippen MR) is 68.0 cm³/mol. The van der Waals surface area contributed by atoms with Crippen molar-refractivity contribution in [1.29, 1.82) is 0 Å². The Hall–Kier alpha value is -0.490. The summed E-state index contributed by atoms with van der Waals surface area (Å²) in [5, 5.41) is 12.3. The van der Waals surface area contributed by atoms with Crippen molar-refractivity contribution in [3.05, 3.63) is 16.1 Å². The fraction of sp³-hybridized carbons (Fsp3) is 0.750. The molecule has 2 heterocycles. The van der Waals surface area contributed by atoms with Gasteiger partial charge in [0.15, 0.2) is 0 Å². The summed E-state index contributed by atoms with van der Waals surface area (Å²) in [5.74, 6) is 0.450. The maximum atomic E-state index is 9.10. The number of thiazole rings is 1. The van der Waals surface area contributed by atoms with Crippen LogP contribution >= 0.6 is 11.3 Å². The van der Waals surface area contributed by atoms with Crippen LogP contribution in [0.1, 0.15) is 30.2 Å². The highest BCUT2D eigenvalue weighted by atomic mass is 32.1. The van der Waals surface area contributed by atoms with E-state index in [0.29, 0.717) is 12.5 Å². The monoisotopic (exact) mass is 256 g/mol. The highest BCUT2D eigenvalue weighted by molar-refractivity contribution is 7.09. The van der Waals surface area contributed by atoms with Gasteiger partial charge in [-0.1, -0.05) is 0 Å². The Labute approximate surface area is 106 Å². The van der Waals surface area contributed by atoms with E-state index in [-0.39, 0.29) is 6.10 Å². The van der Waals surface area contributed by atoms with Gasteiger partial charge in [-0.3, -0.25) is 4.90 Å². The number of methoxy groups -OCH3 is 1. The lowest BCUT2D eigenvalue weighted by Crippen LogP contribution is -2.21. The predicted octanol–water partition coefficient (Wildman–Crippen LogP) is 1.66. The topological polar surface area (TPSA) is 45.6 Å². The first kappa shape index (κ1) is 13.0. The van der Waals surface area contributed by atoms with Crippen LogP contribution in [0.3, 0.4) is 0 Å². The summed E-state index contributed by atoms with van der Waals surface area (Å²) in [5.41, 5.74) is 1.12. The molecule has 0 amide bonds. The Bertz CT molecular complexity index is 356. The number of aliphatic hydroxyl groups is 1. The highest BCUT2D eigenvalue weighted by Gasteiger charge is 2.22. The van der Waals surface area contributed by atoms with Crippen molar-refractivity contribution in [2.75, 3.05) is 26.8 Å². The summed E-state index contributed by atoms with van der Waals surface area (Å²) in [6.45, 7) is 5.27. The molecular formula is C12H20N2O2S. The summed E-state index contributed by atoms with van der Waals surface area (Å²) in [6.07, 6.45) is 1.18. The first-order chi connectivity index (χ1) is 8.22. The molecule has 96 valence electrons. The maximum Gasteiger partial charge on any atom is 0.122 e. The second-order valence-corrected chi connectivity index (χ2v) is 5.52. The van der Waals surface area contributed by atoms with E-state index < -0.39 is 0 Å². The van der Waals surface area contributed by atoms with Gasteiger partial charge in [-0.2, -0.15) is 0 Å². The van der Waals surface area contributed by atoms with E-state index >= 15 is 0 Å². The molecule has 0 saturated carbocycles. The van der Waals surface area contributed by atoms with Crippen LogP contribution in [0.4, 0.5) is 0 Å². The smallest absolute Gasteiger partial charge is 0.122 e. The summed E-state index contributed by atoms with van der Waals surface area (Å²) >= 11 is 1.66. The lowest BCUT2D eigenvalue weighted by molar-refractivity contribution is 0.119. The third kappa shape index (κ3) is 3.25. The Morgan fingerprint density at radius 2 is 2.53 bits per heavy atom. The fourth-order valence-electron chi connectivity index (χ4n) is 2.12. The third-order valence-corrected chi connectivity index (χ3v) is 4.34. The SMILES string of the molecule is COC(C)c1nc(CN2CCC(CO)C2)cs1. The summed E-state index contributed by atoms with van der Waals surface area (Å²) < 4.78 is 5.26. The van der Waals surface area contributed by atoms with Gasteiger partial charge in [0.05, 0.1) is 5.69 Å². The molecule has 1 aromatic heterocycles. The third-order valence-electron chi connectivity index (χ3n) is 3.28. The average molecular weight is 256 g/mol. The van der Waals surface area contributed by atoms with Gasteiger partial charge in [0.1, 0.15) is 11.1 Å². The zero-order valence-corrected chi connectivity index (χ0v) is 11.2. The van der Waals surface area contributed by atoms with E-state index in [2.05, 4.69) is 15.3 Å². The van der Waals surface area contributed by atoms with Crippen LogP contribution in [-0.4, -0.2) is 41.8 Å². The number of ether oxygens (including phenoxy) is 1. The molecule has 5 heteroatoms. The summed E-state index contributed by atoms with van der Waals surface area (Å²) in [7, 11) is 1.71. The molecule has 2 rings (SSSR count). The lowest BCUT2D eigenvalue weighted by atomic mass is 10.1. The molecule has 1 aliphatic heterocycles. The van der Waals surface area contributed by atoms with E-state index in [1.54, 1.807) is 18.4 Å². The minimum atomic E-state index is 0.0810. The standard InChI is InChI=1S/C12H20N2O2S/c1-9(16-2)12-13-11(8-17-12)6-14-4-3-10(5-14)7-15/h8-10,15H,3-7H2,1-2H3. The molecule has 0 radical (unpaired) electrons. The molecule has 1 aromatic rings. The molecule has 0 aliphatic carbocycles. The molecule has 17 heavy (non-hydrogen) atoms. The molecule has 2 atom stereocenters. The number of likely N-dealkylation sites (tertiary alicyclic amines) is 1. The van der Waals surface area contributed by atoms with E-state index in [4.69, 9.17) is 9.84 Å². The van der Waals surface area contributed by atoms with Crippen LogP contribution in [-0.2, 0) is 11.3 Å². The van der Waals surface area contributed by atoms with Gasteiger partial charge >= 0.3 is 0 Å². The first-order valence-electron chi connectivity index (χ1n) is 6.03. The molecule has 1 saturated heterocycles. The average Bonchev–Trinajstić information content (AvgIpc) is 2.97. The van der Waals surface area contributed by atoms with Crippen molar-refractivity contribution in [2.45, 2.75) is 26.0 Å². The minimum Gasteiger partial charge on any atom is -0.396 e. The summed E-state index contributed by atoms with van der Waals surface area (Å²) in [6, 6.07) is 0. The van der Waals surface area contributed by atoms with Gasteiger partial charge < -0.3 is 9.84 Å². The number of nitrogens with zero attached hydrogens (tertiary/aromatic N) is 2. The number of aliphatic hydroxyl groups excluding tert-OH is 1. The van der Waals surface area contributed by atoms with Crippen LogP contribution in [0.2, 0.25) is 0 Å². The van der Waals surface area contributed by atoms with Gasteiger partial charge in [-0.05, 0) is 25.8 Å². The Morgan fingerprint density at radius 3 is 3.18 bits per heavy atom. The number of aromatic nitrogens is 1. The van der Waals surface area contributed by atoms with Crippen molar-refractivity contribution in [3.8, 4) is 0 Å². The fourth-order valence-corrected chi connectivity index (χ4v) is 2.96. The highest BCUT2D eigenvalue weighted by Crippen LogP contribution is 2.23. The van der Waals surface area contributed by atoms with Crippen molar-refractivity contribution < 1.29 is 9.84 Å². The molecule has 1 N–H and O–H groups in total. The second-order valence-electron chi connectivity index (χ2n) is 4.63. The van der Waals surface area contributed by atoms with Gasteiger partial charge in [-0.25, -0.2) is 4.98 Å². The van der Waals surface area contributed by atoms with Crippen molar-refractivity contribution >= 4 is 11.3 Å². The van der Waals surface area contributed by atoms with Crippen LogP contribution in [0.25, 0.3) is 0 Å². The van der Waals surface area contributed by atoms with Gasteiger partial charge in [-0.15, -0.1) is 11.3 Å². The van der Waals surface area contributed by atoms with Crippen molar-refractivity contribution in [1.82, 2.24) is 9.88 Å². The quantitative estimate of drug-likeness (QED) is 0.870. The zero-order chi connectivity index (χ0) is 12.3. The molecule has 4 nitrogen and oxygen atoms in total. The van der Waals surface area contributed by atoms with Gasteiger partial charge in [0, 0.05) is 32.2 Å². The number of hydrogen-bond acceptors (Lipinski definition) is 5. The van der Waals surface area contributed by atoms with E-state index in [0.717, 1.165) is 36.8 Å². The number of hydrogen-bond donors (Lipinski definition) is 1. The first-order valence-corrected chi connectivity index (χ1v) is 6.91. The Kier molecular flexibility index (Phi) is 4.50. The van der Waals surface area contributed by atoms with Crippen LogP contribution in [0.15, 0.2) is 5.38 Å². The molecule has 2 unspecified atom stereocenters. The van der Waals surface area contributed by atoms with E-state index in [9.17, 15) is 0 Å². The molecule has 0 bridgehead atoms. The van der Waals surface area contributed by atoms with Crippen LogP contribution in [0.5, 0.6) is 0 Å². The molecule has 0 spiro atoms. The normalized spacial score (nSPS) is 23.1. The zero-order valence-electron chi connectivity index (χ0n) is 10.4. The maximum absolute atomic E-state index is 9.10. The lowest BCUT2D eigenvalue weighted by Gasteiger charge is -2.13. The van der Waals surface area contributed by atoms with Crippen LogP contribution in [0, 0.1) is 5.92 Å². The minimum absolute atomic E-state index is 0.0810. The van der Waals surface area contributed by atoms with E-state index in [1.807, 2.05) is 6.92 Å². The largest absolute Gasteiger partial charge is 0.396 e. The molecule has 0 aromatic carbocycles. The van der Waals surface area contributed by atoms with E-state index in [1.165, 1.54) is 0 Å². The van der Waals surface area contributed by atoms with Crippen molar-refractivity contribution in [2.24, 2.45) is 5.92 Å². The number of rotatable bonds is 5. The van der Waals surface area contributed by atoms with Crippen molar-refractivity contribution in [3.63, 3.8) is 0 Å². The van der Waals surface area contributed by atoms with Crippen LogP contribution < -0.4 is 0 Å². The molecular weight excluding hydrogens is 236 g/mol. The van der Waals surface area contributed by atoms with Gasteiger partial charge in [0.25, 0.3) is 0 Å². The molecule has 1 fully saturated rings. The van der Waals surface area contributed by atoms with Gasteiger partial charge in [0.2, 0.25) is 0 Å². The second kappa shape index (κ2) is 5.91. The Balaban J connectivity index is 1.89.